The summed E-state index contributed by atoms with van der Waals surface area (Å²) in [6.07, 6.45) is 1.87. The third-order valence-electron chi connectivity index (χ3n) is 3.35. The van der Waals surface area contributed by atoms with E-state index in [-0.39, 0.29) is 5.54 Å². The van der Waals surface area contributed by atoms with Crippen LogP contribution in [0.1, 0.15) is 37.5 Å². The lowest BCUT2D eigenvalue weighted by Gasteiger charge is -2.21. The maximum absolute atomic E-state index is 4.55. The molecule has 0 aliphatic carbocycles. The van der Waals surface area contributed by atoms with E-state index in [0.29, 0.717) is 0 Å². The van der Waals surface area contributed by atoms with Crippen LogP contribution < -0.4 is 5.32 Å². The molecular weight excluding hydrogens is 276 g/mol. The van der Waals surface area contributed by atoms with Crippen LogP contribution in [0.25, 0.3) is 0 Å². The Labute approximate surface area is 132 Å². The molecule has 0 bridgehead atoms. The fourth-order valence-corrected chi connectivity index (χ4v) is 2.88. The highest BCUT2D eigenvalue weighted by Gasteiger charge is 2.11. The third kappa shape index (κ3) is 4.87. The summed E-state index contributed by atoms with van der Waals surface area (Å²) in [5.74, 6) is 0. The molecule has 21 heavy (non-hydrogen) atoms. The number of nitrogens with one attached hydrogen (secondary N) is 1. The van der Waals surface area contributed by atoms with Crippen molar-refractivity contribution in [1.82, 2.24) is 10.3 Å². The van der Waals surface area contributed by atoms with E-state index in [9.17, 15) is 0 Å². The van der Waals surface area contributed by atoms with Crippen LogP contribution in [0, 0.1) is 13.8 Å². The van der Waals surface area contributed by atoms with Crippen LogP contribution in [0.3, 0.4) is 0 Å². The number of pyridine rings is 1. The van der Waals surface area contributed by atoms with Crippen LogP contribution in [0.15, 0.2) is 46.5 Å². The molecule has 0 radical (unpaired) electrons. The summed E-state index contributed by atoms with van der Waals surface area (Å²) in [4.78, 5) is 5.79. The van der Waals surface area contributed by atoms with Gasteiger partial charge in [0.15, 0.2) is 0 Å². The smallest absolute Gasteiger partial charge is 0.105 e. The van der Waals surface area contributed by atoms with Crippen LogP contribution in [0.2, 0.25) is 0 Å². The van der Waals surface area contributed by atoms with Gasteiger partial charge in [-0.3, -0.25) is 0 Å². The van der Waals surface area contributed by atoms with Crippen molar-refractivity contribution in [3.63, 3.8) is 0 Å². The summed E-state index contributed by atoms with van der Waals surface area (Å²) in [7, 11) is 0. The molecule has 1 aromatic heterocycles. The van der Waals surface area contributed by atoms with Crippen LogP contribution >= 0.6 is 11.8 Å². The molecule has 1 heterocycles. The number of rotatable bonds is 4. The maximum atomic E-state index is 4.55. The number of benzene rings is 1. The van der Waals surface area contributed by atoms with Gasteiger partial charge in [-0.1, -0.05) is 23.9 Å². The van der Waals surface area contributed by atoms with E-state index < -0.39 is 0 Å². The van der Waals surface area contributed by atoms with Gasteiger partial charge < -0.3 is 5.32 Å². The zero-order chi connectivity index (χ0) is 15.5. The quantitative estimate of drug-likeness (QED) is 0.883. The Hall–Kier alpha value is -1.32. The lowest BCUT2D eigenvalue weighted by atomic mass is 10.1. The van der Waals surface area contributed by atoms with E-state index >= 15 is 0 Å². The summed E-state index contributed by atoms with van der Waals surface area (Å²) < 4.78 is 0. The molecule has 0 unspecified atom stereocenters. The Kier molecular flexibility index (Phi) is 5.07. The topological polar surface area (TPSA) is 24.9 Å². The monoisotopic (exact) mass is 300 g/mol. The van der Waals surface area contributed by atoms with Crippen LogP contribution in [0.5, 0.6) is 0 Å². The molecule has 0 aliphatic rings. The second-order valence-corrected chi connectivity index (χ2v) is 7.48. The van der Waals surface area contributed by atoms with E-state index in [0.717, 1.165) is 11.6 Å². The largest absolute Gasteiger partial charge is 0.308 e. The molecule has 0 aliphatic heterocycles. The van der Waals surface area contributed by atoms with Crippen LogP contribution in [-0.4, -0.2) is 10.5 Å². The summed E-state index contributed by atoms with van der Waals surface area (Å²) in [6.45, 7) is 11.7. The molecule has 0 atom stereocenters. The Morgan fingerprint density at radius 1 is 1.10 bits per heavy atom. The molecule has 0 spiro atoms. The number of hydrogen-bond donors (Lipinski definition) is 1. The number of aromatic nitrogens is 1. The molecular formula is C18H24N2S. The minimum absolute atomic E-state index is 0.109. The van der Waals surface area contributed by atoms with Gasteiger partial charge in [-0.2, -0.15) is 0 Å². The van der Waals surface area contributed by atoms with Crippen molar-refractivity contribution in [2.75, 3.05) is 0 Å². The molecule has 0 fully saturated rings. The van der Waals surface area contributed by atoms with Crippen molar-refractivity contribution in [2.24, 2.45) is 0 Å². The summed E-state index contributed by atoms with van der Waals surface area (Å²) in [5, 5.41) is 4.61. The van der Waals surface area contributed by atoms with Crippen molar-refractivity contribution in [1.29, 1.82) is 0 Å². The first-order valence-corrected chi connectivity index (χ1v) is 8.11. The van der Waals surface area contributed by atoms with Crippen LogP contribution in [-0.2, 0) is 6.54 Å². The lowest BCUT2D eigenvalue weighted by molar-refractivity contribution is 0.422. The number of hydrogen-bond acceptors (Lipinski definition) is 3. The van der Waals surface area contributed by atoms with Gasteiger partial charge in [-0.25, -0.2) is 4.98 Å². The molecule has 3 heteroatoms. The van der Waals surface area contributed by atoms with Gasteiger partial charge in [0.1, 0.15) is 5.03 Å². The van der Waals surface area contributed by atoms with Crippen molar-refractivity contribution in [3.05, 3.63) is 53.2 Å². The van der Waals surface area contributed by atoms with E-state index in [1.165, 1.54) is 21.6 Å². The van der Waals surface area contributed by atoms with Crippen molar-refractivity contribution < 1.29 is 0 Å². The van der Waals surface area contributed by atoms with E-state index in [1.807, 2.05) is 12.3 Å². The highest BCUT2D eigenvalue weighted by Crippen LogP contribution is 2.30. The second kappa shape index (κ2) is 6.63. The molecule has 1 aromatic carbocycles. The SMILES string of the molecule is Cc1ccc(Sc2ncccc2CNC(C)(C)C)cc1C. The molecule has 2 nitrogen and oxygen atoms in total. The van der Waals surface area contributed by atoms with Gasteiger partial charge >= 0.3 is 0 Å². The predicted molar refractivity (Wildman–Crippen MR) is 90.9 cm³/mol. The Morgan fingerprint density at radius 3 is 2.52 bits per heavy atom. The fraction of sp³-hybridized carbons (Fsp3) is 0.389. The van der Waals surface area contributed by atoms with Crippen molar-refractivity contribution in [3.8, 4) is 0 Å². The summed E-state index contributed by atoms with van der Waals surface area (Å²) in [5.41, 5.74) is 4.01. The first kappa shape index (κ1) is 16.1. The Balaban J connectivity index is 2.17. The normalized spacial score (nSPS) is 11.7. The molecule has 0 amide bonds. The minimum Gasteiger partial charge on any atom is -0.308 e. The van der Waals surface area contributed by atoms with Gasteiger partial charge in [0.2, 0.25) is 0 Å². The summed E-state index contributed by atoms with van der Waals surface area (Å²) >= 11 is 1.74. The molecule has 1 N–H and O–H groups in total. The van der Waals surface area contributed by atoms with Gasteiger partial charge in [-0.05, 0) is 69.5 Å². The minimum atomic E-state index is 0.109. The molecule has 2 aromatic rings. The third-order valence-corrected chi connectivity index (χ3v) is 4.40. The van der Waals surface area contributed by atoms with Gasteiger partial charge in [0.05, 0.1) is 0 Å². The van der Waals surface area contributed by atoms with Crippen molar-refractivity contribution in [2.45, 2.75) is 56.6 Å². The fourth-order valence-electron chi connectivity index (χ4n) is 1.90. The first-order chi connectivity index (χ1) is 9.85. The Bertz CT molecular complexity index is 615. The second-order valence-electron chi connectivity index (χ2n) is 6.42. The maximum Gasteiger partial charge on any atom is 0.105 e. The zero-order valence-electron chi connectivity index (χ0n) is 13.5. The molecule has 0 saturated carbocycles. The average Bonchev–Trinajstić information content (AvgIpc) is 2.41. The van der Waals surface area contributed by atoms with E-state index in [2.05, 4.69) is 69.2 Å². The van der Waals surface area contributed by atoms with Gasteiger partial charge in [0, 0.05) is 23.2 Å². The number of aryl methyl sites for hydroxylation is 2. The Morgan fingerprint density at radius 2 is 1.86 bits per heavy atom. The predicted octanol–water partition coefficient (Wildman–Crippen LogP) is 4.74. The highest BCUT2D eigenvalue weighted by molar-refractivity contribution is 7.99. The van der Waals surface area contributed by atoms with Gasteiger partial charge in [-0.15, -0.1) is 0 Å². The first-order valence-electron chi connectivity index (χ1n) is 7.29. The molecule has 112 valence electrons. The zero-order valence-corrected chi connectivity index (χ0v) is 14.3. The van der Waals surface area contributed by atoms with Crippen molar-refractivity contribution >= 4 is 11.8 Å². The number of nitrogens with zero attached hydrogens (tertiary/aromatic N) is 1. The lowest BCUT2D eigenvalue weighted by Crippen LogP contribution is -2.35. The standard InChI is InChI=1S/C18H24N2S/c1-13-8-9-16(11-14(13)2)21-17-15(7-6-10-19-17)12-20-18(3,4)5/h6-11,20H,12H2,1-5H3. The van der Waals surface area contributed by atoms with Gasteiger partial charge in [0.25, 0.3) is 0 Å². The molecule has 2 rings (SSSR count). The summed E-state index contributed by atoms with van der Waals surface area (Å²) in [6, 6.07) is 10.7. The highest BCUT2D eigenvalue weighted by atomic mass is 32.2. The van der Waals surface area contributed by atoms with Crippen LogP contribution in [0.4, 0.5) is 0 Å². The van der Waals surface area contributed by atoms with E-state index in [1.54, 1.807) is 11.8 Å². The molecule has 0 saturated heterocycles. The average molecular weight is 300 g/mol. The van der Waals surface area contributed by atoms with E-state index in [4.69, 9.17) is 0 Å².